The van der Waals surface area contributed by atoms with Gasteiger partial charge in [0.2, 0.25) is 0 Å². The van der Waals surface area contributed by atoms with Crippen molar-refractivity contribution in [1.82, 2.24) is 9.88 Å². The van der Waals surface area contributed by atoms with Crippen molar-refractivity contribution in [2.45, 2.75) is 26.4 Å². The van der Waals surface area contributed by atoms with Crippen molar-refractivity contribution in [3.8, 4) is 0 Å². The molecule has 0 fully saturated rings. The predicted molar refractivity (Wildman–Crippen MR) is 82.9 cm³/mol. The van der Waals surface area contributed by atoms with Crippen molar-refractivity contribution in [2.24, 2.45) is 0 Å². The third kappa shape index (κ3) is 4.07. The van der Waals surface area contributed by atoms with Gasteiger partial charge in [0, 0.05) is 25.0 Å². The Morgan fingerprint density at radius 1 is 1.15 bits per heavy atom. The SMILES string of the molecule is CC(C)N(Cc1ccccc1)C(=O)c1cccnc1.Cl. The molecule has 0 N–H and O–H groups in total. The maximum atomic E-state index is 12.5. The molecule has 1 aromatic heterocycles. The number of pyridine rings is 1. The minimum absolute atomic E-state index is 0. The summed E-state index contributed by atoms with van der Waals surface area (Å²) in [5, 5.41) is 0. The van der Waals surface area contributed by atoms with Crippen LogP contribution in [0.15, 0.2) is 54.9 Å². The van der Waals surface area contributed by atoms with Gasteiger partial charge in [-0.25, -0.2) is 0 Å². The molecule has 0 saturated heterocycles. The highest BCUT2D eigenvalue weighted by molar-refractivity contribution is 5.94. The zero-order valence-electron chi connectivity index (χ0n) is 11.7. The first kappa shape index (κ1) is 16.2. The van der Waals surface area contributed by atoms with E-state index in [1.165, 1.54) is 0 Å². The monoisotopic (exact) mass is 290 g/mol. The van der Waals surface area contributed by atoms with Gasteiger partial charge in [-0.1, -0.05) is 30.3 Å². The fourth-order valence-corrected chi connectivity index (χ4v) is 1.92. The van der Waals surface area contributed by atoms with Crippen LogP contribution in [0.4, 0.5) is 0 Å². The highest BCUT2D eigenvalue weighted by Crippen LogP contribution is 2.12. The molecule has 1 amide bonds. The van der Waals surface area contributed by atoms with Crippen molar-refractivity contribution < 1.29 is 4.79 Å². The summed E-state index contributed by atoms with van der Waals surface area (Å²) in [4.78, 5) is 18.3. The molecule has 0 unspecified atom stereocenters. The van der Waals surface area contributed by atoms with Gasteiger partial charge in [0.15, 0.2) is 0 Å². The van der Waals surface area contributed by atoms with Gasteiger partial charge in [-0.2, -0.15) is 0 Å². The Labute approximate surface area is 126 Å². The van der Waals surface area contributed by atoms with E-state index >= 15 is 0 Å². The molecule has 1 heterocycles. The molecule has 106 valence electrons. The van der Waals surface area contributed by atoms with Crippen molar-refractivity contribution in [1.29, 1.82) is 0 Å². The van der Waals surface area contributed by atoms with Crippen LogP contribution in [0.2, 0.25) is 0 Å². The zero-order valence-corrected chi connectivity index (χ0v) is 12.5. The summed E-state index contributed by atoms with van der Waals surface area (Å²) in [5.74, 6) is 0.0203. The Balaban J connectivity index is 0.00000200. The second-order valence-electron chi connectivity index (χ2n) is 4.75. The van der Waals surface area contributed by atoms with Gasteiger partial charge >= 0.3 is 0 Å². The molecule has 2 rings (SSSR count). The number of rotatable bonds is 4. The van der Waals surface area contributed by atoms with Crippen LogP contribution < -0.4 is 0 Å². The van der Waals surface area contributed by atoms with Crippen LogP contribution in [-0.4, -0.2) is 21.8 Å². The lowest BCUT2D eigenvalue weighted by molar-refractivity contribution is 0.0690. The summed E-state index contributed by atoms with van der Waals surface area (Å²) in [5.41, 5.74) is 1.76. The van der Waals surface area contributed by atoms with Gasteiger partial charge in [0.05, 0.1) is 5.56 Å². The number of carbonyl (C=O) groups excluding carboxylic acids is 1. The molecule has 2 aromatic rings. The number of hydrogen-bond acceptors (Lipinski definition) is 2. The van der Waals surface area contributed by atoms with Gasteiger partial charge in [-0.05, 0) is 31.5 Å². The van der Waals surface area contributed by atoms with E-state index in [9.17, 15) is 4.79 Å². The Bertz CT molecular complexity index is 529. The van der Waals surface area contributed by atoms with Crippen molar-refractivity contribution in [2.75, 3.05) is 0 Å². The minimum Gasteiger partial charge on any atom is -0.332 e. The second kappa shape index (κ2) is 7.65. The first-order chi connectivity index (χ1) is 9.18. The molecule has 0 spiro atoms. The standard InChI is InChI=1S/C16H18N2O.ClH/c1-13(2)18(12-14-7-4-3-5-8-14)16(19)15-9-6-10-17-11-15;/h3-11,13H,12H2,1-2H3;1H. The van der Waals surface area contributed by atoms with Crippen LogP contribution in [0.3, 0.4) is 0 Å². The molecule has 20 heavy (non-hydrogen) atoms. The van der Waals surface area contributed by atoms with Crippen LogP contribution in [0, 0.1) is 0 Å². The quantitative estimate of drug-likeness (QED) is 0.863. The largest absolute Gasteiger partial charge is 0.332 e. The van der Waals surface area contributed by atoms with Crippen LogP contribution >= 0.6 is 12.4 Å². The third-order valence-electron chi connectivity index (χ3n) is 2.99. The van der Waals surface area contributed by atoms with Crippen LogP contribution in [-0.2, 0) is 6.54 Å². The number of hydrogen-bond donors (Lipinski definition) is 0. The van der Waals surface area contributed by atoms with Gasteiger partial charge < -0.3 is 4.90 Å². The number of carbonyl (C=O) groups is 1. The van der Waals surface area contributed by atoms with Gasteiger partial charge in [0.1, 0.15) is 0 Å². The smallest absolute Gasteiger partial charge is 0.255 e. The van der Waals surface area contributed by atoms with E-state index in [2.05, 4.69) is 4.98 Å². The molecule has 0 radical (unpaired) electrons. The lowest BCUT2D eigenvalue weighted by Crippen LogP contribution is -2.36. The van der Waals surface area contributed by atoms with Gasteiger partial charge in [0.25, 0.3) is 5.91 Å². The summed E-state index contributed by atoms with van der Waals surface area (Å²) in [6.07, 6.45) is 3.29. The molecule has 3 nitrogen and oxygen atoms in total. The molecule has 0 aliphatic heterocycles. The summed E-state index contributed by atoms with van der Waals surface area (Å²) in [6.45, 7) is 4.67. The number of amides is 1. The predicted octanol–water partition coefficient (Wildman–Crippen LogP) is 3.55. The average Bonchev–Trinajstić information content (AvgIpc) is 2.46. The number of benzene rings is 1. The molecular weight excluding hydrogens is 272 g/mol. The Hall–Kier alpha value is -1.87. The van der Waals surface area contributed by atoms with Crippen LogP contribution in [0.25, 0.3) is 0 Å². The maximum Gasteiger partial charge on any atom is 0.255 e. The van der Waals surface area contributed by atoms with E-state index < -0.39 is 0 Å². The van der Waals surface area contributed by atoms with E-state index in [0.29, 0.717) is 12.1 Å². The highest BCUT2D eigenvalue weighted by Gasteiger charge is 2.18. The molecule has 1 aromatic carbocycles. The molecule has 0 saturated carbocycles. The summed E-state index contributed by atoms with van der Waals surface area (Å²) < 4.78 is 0. The zero-order chi connectivity index (χ0) is 13.7. The molecule has 0 bridgehead atoms. The number of aromatic nitrogens is 1. The first-order valence-electron chi connectivity index (χ1n) is 6.43. The minimum atomic E-state index is 0. The second-order valence-corrected chi connectivity index (χ2v) is 4.75. The van der Waals surface area contributed by atoms with Crippen LogP contribution in [0.1, 0.15) is 29.8 Å². The Morgan fingerprint density at radius 2 is 1.85 bits per heavy atom. The lowest BCUT2D eigenvalue weighted by Gasteiger charge is -2.27. The summed E-state index contributed by atoms with van der Waals surface area (Å²) in [7, 11) is 0. The molecule has 0 aliphatic carbocycles. The lowest BCUT2D eigenvalue weighted by atomic mass is 10.1. The normalized spacial score (nSPS) is 9.95. The van der Waals surface area contributed by atoms with E-state index in [1.807, 2.05) is 49.1 Å². The van der Waals surface area contributed by atoms with E-state index in [0.717, 1.165) is 5.56 Å². The average molecular weight is 291 g/mol. The van der Waals surface area contributed by atoms with Crippen molar-refractivity contribution in [3.05, 3.63) is 66.0 Å². The summed E-state index contributed by atoms with van der Waals surface area (Å²) >= 11 is 0. The maximum absolute atomic E-state index is 12.5. The molecular formula is C16H19ClN2O. The molecule has 0 aliphatic rings. The topological polar surface area (TPSA) is 33.2 Å². The van der Waals surface area contributed by atoms with E-state index in [-0.39, 0.29) is 24.4 Å². The number of nitrogens with zero attached hydrogens (tertiary/aromatic N) is 2. The first-order valence-corrected chi connectivity index (χ1v) is 6.43. The highest BCUT2D eigenvalue weighted by atomic mass is 35.5. The number of halogens is 1. The summed E-state index contributed by atoms with van der Waals surface area (Å²) in [6, 6.07) is 13.8. The van der Waals surface area contributed by atoms with Gasteiger partial charge in [-0.15, -0.1) is 12.4 Å². The fraction of sp³-hybridized carbons (Fsp3) is 0.250. The Kier molecular flexibility index (Phi) is 6.19. The molecule has 4 heteroatoms. The van der Waals surface area contributed by atoms with E-state index in [4.69, 9.17) is 0 Å². The molecule has 0 atom stereocenters. The van der Waals surface area contributed by atoms with E-state index in [1.54, 1.807) is 24.5 Å². The van der Waals surface area contributed by atoms with Crippen molar-refractivity contribution >= 4 is 18.3 Å². The van der Waals surface area contributed by atoms with Crippen molar-refractivity contribution in [3.63, 3.8) is 0 Å². The van der Waals surface area contributed by atoms with Gasteiger partial charge in [-0.3, -0.25) is 9.78 Å². The fourth-order valence-electron chi connectivity index (χ4n) is 1.92. The van der Waals surface area contributed by atoms with Crippen LogP contribution in [0.5, 0.6) is 0 Å². The Morgan fingerprint density at radius 3 is 2.40 bits per heavy atom. The third-order valence-corrected chi connectivity index (χ3v) is 2.99.